The highest BCUT2D eigenvalue weighted by atomic mass is 35.5. The van der Waals surface area contributed by atoms with Crippen molar-refractivity contribution < 1.29 is 24.9 Å². The Morgan fingerprint density at radius 3 is 2.61 bits per heavy atom. The first-order valence-corrected chi connectivity index (χ1v) is 5.86. The summed E-state index contributed by atoms with van der Waals surface area (Å²) in [6, 6.07) is 2.64. The monoisotopic (exact) mass is 274 g/mol. The number of aliphatic hydroxyl groups is 2. The van der Waals surface area contributed by atoms with Crippen molar-refractivity contribution >= 4 is 17.9 Å². The van der Waals surface area contributed by atoms with Crippen LogP contribution in [0, 0.1) is 0 Å². The van der Waals surface area contributed by atoms with Gasteiger partial charge in [-0.2, -0.15) is 0 Å². The molecule has 2 unspecified atom stereocenters. The number of halogens is 1. The molecule has 1 aromatic carbocycles. The molecule has 100 valence electrons. The van der Waals surface area contributed by atoms with Crippen molar-refractivity contribution in [2.45, 2.75) is 18.6 Å². The van der Waals surface area contributed by atoms with Gasteiger partial charge in [-0.1, -0.05) is 0 Å². The van der Waals surface area contributed by atoms with Gasteiger partial charge < -0.3 is 20.1 Å². The lowest BCUT2D eigenvalue weighted by molar-refractivity contribution is 0.0155. The summed E-state index contributed by atoms with van der Waals surface area (Å²) in [5, 5.41) is 29.4. The Morgan fingerprint density at radius 2 is 2.11 bits per heavy atom. The molecule has 0 bridgehead atoms. The zero-order valence-electron chi connectivity index (χ0n) is 9.84. The molecule has 0 amide bonds. The van der Waals surface area contributed by atoms with Gasteiger partial charge in [-0.3, -0.25) is 4.79 Å². The summed E-state index contributed by atoms with van der Waals surface area (Å²) < 4.78 is 4.89. The number of carbonyl (C=O) groups is 1. The highest BCUT2D eigenvalue weighted by Crippen LogP contribution is 2.36. The van der Waals surface area contributed by atoms with E-state index in [9.17, 15) is 20.1 Å². The molecular weight excluding hydrogens is 260 g/mol. The van der Waals surface area contributed by atoms with Crippen LogP contribution in [0.5, 0.6) is 11.5 Å². The summed E-state index contributed by atoms with van der Waals surface area (Å²) in [7, 11) is 1.33. The van der Waals surface area contributed by atoms with E-state index in [0.29, 0.717) is 6.29 Å². The molecule has 0 saturated heterocycles. The third-order valence-corrected chi connectivity index (χ3v) is 2.79. The molecule has 3 N–H and O–H groups in total. The second-order valence-electron chi connectivity index (χ2n) is 3.77. The average molecular weight is 275 g/mol. The maximum absolute atomic E-state index is 10.8. The molecule has 0 radical (unpaired) electrons. The predicted molar refractivity (Wildman–Crippen MR) is 66.3 cm³/mol. The number of hydrogen-bond acceptors (Lipinski definition) is 5. The van der Waals surface area contributed by atoms with E-state index in [1.165, 1.54) is 19.2 Å². The Hall–Kier alpha value is -1.30. The topological polar surface area (TPSA) is 87.0 Å². The molecule has 0 fully saturated rings. The lowest BCUT2D eigenvalue weighted by Gasteiger charge is -2.19. The van der Waals surface area contributed by atoms with Gasteiger partial charge in [0.15, 0.2) is 11.5 Å². The number of rotatable bonds is 6. The first kappa shape index (κ1) is 14.8. The number of phenolic OH excluding ortho intramolecular Hbond substituents is 1. The van der Waals surface area contributed by atoms with Gasteiger partial charge in [0.25, 0.3) is 0 Å². The average Bonchev–Trinajstić information content (AvgIpc) is 2.38. The van der Waals surface area contributed by atoms with Crippen LogP contribution in [0.25, 0.3) is 0 Å². The van der Waals surface area contributed by atoms with Crippen molar-refractivity contribution in [1.82, 2.24) is 0 Å². The highest BCUT2D eigenvalue weighted by Gasteiger charge is 2.23. The number of alkyl halides is 1. The number of methoxy groups -OCH3 is 1. The quantitative estimate of drug-likeness (QED) is 0.537. The van der Waals surface area contributed by atoms with Crippen molar-refractivity contribution in [2.75, 3.05) is 13.0 Å². The molecule has 0 spiro atoms. The summed E-state index contributed by atoms with van der Waals surface area (Å²) >= 11 is 5.47. The van der Waals surface area contributed by atoms with Gasteiger partial charge in [0.05, 0.1) is 13.2 Å². The minimum Gasteiger partial charge on any atom is -0.504 e. The molecule has 0 saturated carbocycles. The number of hydrogen-bond donors (Lipinski definition) is 3. The Kier molecular flexibility index (Phi) is 5.40. The number of benzene rings is 1. The third-order valence-electron chi connectivity index (χ3n) is 2.57. The number of aldehydes is 1. The second kappa shape index (κ2) is 6.58. The van der Waals surface area contributed by atoms with Crippen LogP contribution in [-0.4, -0.2) is 40.7 Å². The Balaban J connectivity index is 3.17. The normalized spacial score (nSPS) is 14.0. The fraction of sp³-hybridized carbons (Fsp3) is 0.417. The number of carbonyl (C=O) groups excluding carboxylic acids is 1. The van der Waals surface area contributed by atoms with Gasteiger partial charge in [-0.15, -0.1) is 11.6 Å². The molecule has 0 aliphatic carbocycles. The second-order valence-corrected chi connectivity index (χ2v) is 4.15. The summed E-state index contributed by atoms with van der Waals surface area (Å²) in [5.41, 5.74) is 0.269. The van der Waals surface area contributed by atoms with Crippen LogP contribution in [-0.2, 0) is 0 Å². The fourth-order valence-electron chi connectivity index (χ4n) is 1.58. The third kappa shape index (κ3) is 3.13. The van der Waals surface area contributed by atoms with E-state index >= 15 is 0 Å². The zero-order chi connectivity index (χ0) is 13.7. The molecule has 0 aliphatic rings. The van der Waals surface area contributed by atoms with Crippen molar-refractivity contribution in [3.63, 3.8) is 0 Å². The van der Waals surface area contributed by atoms with Crippen LogP contribution >= 0.6 is 11.6 Å². The van der Waals surface area contributed by atoms with Gasteiger partial charge in [-0.05, 0) is 18.6 Å². The van der Waals surface area contributed by atoms with E-state index in [-0.39, 0.29) is 34.9 Å². The minimum atomic E-state index is -1.34. The number of phenols is 1. The highest BCUT2D eigenvalue weighted by molar-refractivity contribution is 6.17. The van der Waals surface area contributed by atoms with Gasteiger partial charge in [0.2, 0.25) is 0 Å². The van der Waals surface area contributed by atoms with Crippen LogP contribution in [0.2, 0.25) is 0 Å². The van der Waals surface area contributed by atoms with Gasteiger partial charge >= 0.3 is 0 Å². The molecule has 2 atom stereocenters. The smallest absolute Gasteiger partial charge is 0.163 e. The van der Waals surface area contributed by atoms with E-state index in [0.717, 1.165) is 0 Å². The molecule has 1 rings (SSSR count). The molecule has 0 aromatic heterocycles. The lowest BCUT2D eigenvalue weighted by atomic mass is 9.99. The van der Waals surface area contributed by atoms with E-state index in [1.54, 1.807) is 0 Å². The van der Waals surface area contributed by atoms with E-state index in [2.05, 4.69) is 0 Å². The first-order chi connectivity index (χ1) is 8.54. The predicted octanol–water partition coefficient (Wildman–Crippen LogP) is 1.24. The van der Waals surface area contributed by atoms with Crippen molar-refractivity contribution in [1.29, 1.82) is 0 Å². The number of aliphatic hydroxyl groups excluding tert-OH is 2. The molecule has 18 heavy (non-hydrogen) atoms. The molecule has 5 nitrogen and oxygen atoms in total. The van der Waals surface area contributed by atoms with Gasteiger partial charge in [-0.25, -0.2) is 0 Å². The minimum absolute atomic E-state index is 0.0362. The van der Waals surface area contributed by atoms with Gasteiger partial charge in [0.1, 0.15) is 12.4 Å². The number of ether oxygens (including phenoxy) is 1. The Labute approximate surface area is 110 Å². The summed E-state index contributed by atoms with van der Waals surface area (Å²) in [5.74, 6) is -0.0697. The van der Waals surface area contributed by atoms with Crippen LogP contribution in [0.15, 0.2) is 12.1 Å². The summed E-state index contributed by atoms with van der Waals surface area (Å²) in [6.45, 7) is 0. The number of aromatic hydroxyl groups is 1. The van der Waals surface area contributed by atoms with E-state index in [1.807, 2.05) is 0 Å². The van der Waals surface area contributed by atoms with Crippen LogP contribution in [0.4, 0.5) is 0 Å². The van der Waals surface area contributed by atoms with E-state index < -0.39 is 12.2 Å². The zero-order valence-corrected chi connectivity index (χ0v) is 10.6. The van der Waals surface area contributed by atoms with Crippen LogP contribution < -0.4 is 4.74 Å². The molecule has 0 aliphatic heterocycles. The maximum Gasteiger partial charge on any atom is 0.163 e. The molecule has 6 heteroatoms. The SMILES string of the molecule is COc1cc(C=O)cc(C(O)C(O)CCCl)c1O. The first-order valence-electron chi connectivity index (χ1n) is 5.33. The van der Waals surface area contributed by atoms with E-state index in [4.69, 9.17) is 16.3 Å². The standard InChI is InChI=1S/C12H15ClO5/c1-18-10-5-7(6-14)4-8(12(10)17)11(16)9(15)2-3-13/h4-6,9,11,15-17H,2-3H2,1H3. The molecular formula is C12H15ClO5. The van der Waals surface area contributed by atoms with Crippen LogP contribution in [0.1, 0.15) is 28.4 Å². The molecule has 0 heterocycles. The van der Waals surface area contributed by atoms with Crippen molar-refractivity contribution in [3.8, 4) is 11.5 Å². The maximum atomic E-state index is 10.8. The van der Waals surface area contributed by atoms with Crippen molar-refractivity contribution in [2.24, 2.45) is 0 Å². The Morgan fingerprint density at radius 1 is 1.44 bits per heavy atom. The summed E-state index contributed by atoms with van der Waals surface area (Å²) in [6.07, 6.45) is -1.74. The molecule has 1 aromatic rings. The fourth-order valence-corrected chi connectivity index (χ4v) is 1.80. The Bertz CT molecular complexity index is 421. The van der Waals surface area contributed by atoms with Crippen molar-refractivity contribution in [3.05, 3.63) is 23.3 Å². The van der Waals surface area contributed by atoms with Gasteiger partial charge in [0, 0.05) is 17.0 Å². The lowest BCUT2D eigenvalue weighted by Crippen LogP contribution is -2.19. The largest absolute Gasteiger partial charge is 0.504 e. The van der Waals surface area contributed by atoms with Crippen LogP contribution in [0.3, 0.4) is 0 Å². The summed E-state index contributed by atoms with van der Waals surface area (Å²) in [4.78, 5) is 10.8.